The monoisotopic (exact) mass is 310 g/mol. The summed E-state index contributed by atoms with van der Waals surface area (Å²) >= 11 is 3.34. The maximum Gasteiger partial charge on any atom is 0.269 e. The van der Waals surface area contributed by atoms with E-state index in [1.54, 1.807) is 16.8 Å². The number of nitrogens with zero attached hydrogens (tertiary/aromatic N) is 4. The van der Waals surface area contributed by atoms with Crippen LogP contribution in [0.25, 0.3) is 5.69 Å². The van der Waals surface area contributed by atoms with E-state index in [0.29, 0.717) is 11.2 Å². The van der Waals surface area contributed by atoms with Crippen molar-refractivity contribution in [1.82, 2.24) is 14.8 Å². The lowest BCUT2D eigenvalue weighted by molar-refractivity contribution is -0.384. The summed E-state index contributed by atoms with van der Waals surface area (Å²) < 4.78 is 1.69. The van der Waals surface area contributed by atoms with Crippen LogP contribution in [0, 0.1) is 24.0 Å². The molecule has 1 aromatic heterocycles. The number of benzene rings is 1. The lowest BCUT2D eigenvalue weighted by atomic mass is 10.2. The summed E-state index contributed by atoms with van der Waals surface area (Å²) in [6.45, 7) is 3.65. The van der Waals surface area contributed by atoms with E-state index in [4.69, 9.17) is 0 Å². The van der Waals surface area contributed by atoms with E-state index in [0.717, 1.165) is 17.1 Å². The molecule has 0 spiro atoms. The van der Waals surface area contributed by atoms with Crippen LogP contribution in [0.4, 0.5) is 5.69 Å². The Morgan fingerprint density at radius 1 is 1.44 bits per heavy atom. The average Bonchev–Trinajstić information content (AvgIpc) is 2.67. The van der Waals surface area contributed by atoms with Crippen molar-refractivity contribution >= 4 is 21.6 Å². The summed E-state index contributed by atoms with van der Waals surface area (Å²) in [4.78, 5) is 14.6. The highest BCUT2D eigenvalue weighted by Crippen LogP contribution is 2.23. The summed E-state index contributed by atoms with van der Waals surface area (Å²) in [5.41, 5.74) is 1.68. The lowest BCUT2D eigenvalue weighted by Crippen LogP contribution is -2.03. The Hall–Kier alpha value is -1.76. The van der Waals surface area contributed by atoms with Crippen molar-refractivity contribution in [2.75, 3.05) is 0 Å². The van der Waals surface area contributed by atoms with Crippen LogP contribution in [0.1, 0.15) is 17.2 Å². The van der Waals surface area contributed by atoms with Gasteiger partial charge in [0, 0.05) is 17.5 Å². The van der Waals surface area contributed by atoms with Crippen molar-refractivity contribution in [3.8, 4) is 5.69 Å². The molecule has 0 aliphatic carbocycles. The molecule has 6 nitrogen and oxygen atoms in total. The van der Waals surface area contributed by atoms with Gasteiger partial charge in [-0.3, -0.25) is 10.1 Å². The Kier molecular flexibility index (Phi) is 3.42. The Balaban J connectivity index is 2.58. The minimum Gasteiger partial charge on any atom is -0.258 e. The summed E-state index contributed by atoms with van der Waals surface area (Å²) in [6.07, 6.45) is 0. The van der Waals surface area contributed by atoms with Crippen LogP contribution in [0.15, 0.2) is 18.2 Å². The van der Waals surface area contributed by atoms with Crippen LogP contribution in [0.5, 0.6) is 0 Å². The van der Waals surface area contributed by atoms with Gasteiger partial charge in [-0.25, -0.2) is 9.67 Å². The summed E-state index contributed by atoms with van der Waals surface area (Å²) in [5.74, 6) is 1.43. The molecular weight excluding hydrogens is 300 g/mol. The van der Waals surface area contributed by atoms with Gasteiger partial charge in [0.25, 0.3) is 5.69 Å². The zero-order valence-electron chi connectivity index (χ0n) is 9.92. The highest BCUT2D eigenvalue weighted by Gasteiger charge is 2.14. The van der Waals surface area contributed by atoms with E-state index >= 15 is 0 Å². The number of hydrogen-bond donors (Lipinski definition) is 0. The third kappa shape index (κ3) is 2.26. The molecule has 18 heavy (non-hydrogen) atoms. The lowest BCUT2D eigenvalue weighted by Gasteiger charge is -2.08. The third-order valence-corrected chi connectivity index (χ3v) is 3.13. The molecule has 0 atom stereocenters. The fourth-order valence-electron chi connectivity index (χ4n) is 1.75. The minimum atomic E-state index is -0.407. The molecule has 2 aromatic rings. The van der Waals surface area contributed by atoms with Crippen molar-refractivity contribution in [3.05, 3.63) is 45.5 Å². The zero-order chi connectivity index (χ0) is 13.3. The first-order valence-electron chi connectivity index (χ1n) is 5.27. The van der Waals surface area contributed by atoms with E-state index in [-0.39, 0.29) is 5.69 Å². The van der Waals surface area contributed by atoms with Crippen molar-refractivity contribution in [2.45, 2.75) is 19.2 Å². The molecule has 0 saturated heterocycles. The molecule has 2 rings (SSSR count). The van der Waals surface area contributed by atoms with Crippen molar-refractivity contribution in [3.63, 3.8) is 0 Å². The summed E-state index contributed by atoms with van der Waals surface area (Å²) in [5, 5.41) is 15.5. The molecular formula is C11H11BrN4O2. The molecule has 94 valence electrons. The first kappa shape index (κ1) is 12.7. The SMILES string of the molecule is Cc1nc(C)n(-c2ccc([N+](=O)[O-])cc2CBr)n1. The molecule has 0 fully saturated rings. The van der Waals surface area contributed by atoms with Crippen LogP contribution < -0.4 is 0 Å². The molecule has 0 bridgehead atoms. The van der Waals surface area contributed by atoms with Gasteiger partial charge in [0.15, 0.2) is 0 Å². The van der Waals surface area contributed by atoms with Gasteiger partial charge in [-0.15, -0.1) is 0 Å². The fraction of sp³-hybridized carbons (Fsp3) is 0.273. The van der Waals surface area contributed by atoms with E-state index < -0.39 is 4.92 Å². The van der Waals surface area contributed by atoms with Gasteiger partial charge in [0.05, 0.1) is 10.6 Å². The predicted octanol–water partition coefficient (Wildman–Crippen LogP) is 2.69. The quantitative estimate of drug-likeness (QED) is 0.496. The van der Waals surface area contributed by atoms with E-state index in [9.17, 15) is 10.1 Å². The van der Waals surface area contributed by atoms with Crippen LogP contribution in [0.2, 0.25) is 0 Å². The van der Waals surface area contributed by atoms with Gasteiger partial charge >= 0.3 is 0 Å². The Bertz CT molecular complexity index is 609. The van der Waals surface area contributed by atoms with E-state index in [1.165, 1.54) is 6.07 Å². The maximum atomic E-state index is 10.7. The highest BCUT2D eigenvalue weighted by atomic mass is 79.9. The first-order chi connectivity index (χ1) is 8.52. The molecule has 0 unspecified atom stereocenters. The number of nitro benzene ring substituents is 1. The standard InChI is InChI=1S/C11H11BrN4O2/c1-7-13-8(2)15(14-7)11-4-3-10(16(17)18)5-9(11)6-12/h3-5H,6H2,1-2H3. The second-order valence-electron chi connectivity index (χ2n) is 3.82. The van der Waals surface area contributed by atoms with Gasteiger partial charge in [0.2, 0.25) is 0 Å². The van der Waals surface area contributed by atoms with E-state index in [2.05, 4.69) is 26.0 Å². The number of hydrogen-bond acceptors (Lipinski definition) is 4. The third-order valence-electron chi connectivity index (χ3n) is 2.52. The molecule has 1 heterocycles. The first-order valence-corrected chi connectivity index (χ1v) is 6.39. The Morgan fingerprint density at radius 2 is 2.17 bits per heavy atom. The van der Waals surface area contributed by atoms with E-state index in [1.807, 2.05) is 13.8 Å². The highest BCUT2D eigenvalue weighted by molar-refractivity contribution is 9.08. The number of halogens is 1. The normalized spacial score (nSPS) is 10.6. The number of rotatable bonds is 3. The predicted molar refractivity (Wildman–Crippen MR) is 70.1 cm³/mol. The number of aromatic nitrogens is 3. The van der Waals surface area contributed by atoms with Crippen LogP contribution in [-0.4, -0.2) is 19.7 Å². The second kappa shape index (κ2) is 4.85. The molecule has 7 heteroatoms. The molecule has 0 aliphatic rings. The van der Waals surface area contributed by atoms with Crippen molar-refractivity contribution in [2.24, 2.45) is 0 Å². The molecule has 0 saturated carbocycles. The van der Waals surface area contributed by atoms with Crippen LogP contribution >= 0.6 is 15.9 Å². The summed E-state index contributed by atoms with van der Waals surface area (Å²) in [7, 11) is 0. The van der Waals surface area contributed by atoms with Gasteiger partial charge in [0.1, 0.15) is 11.6 Å². The fourth-order valence-corrected chi connectivity index (χ4v) is 2.20. The van der Waals surface area contributed by atoms with Crippen molar-refractivity contribution in [1.29, 1.82) is 0 Å². The molecule has 0 radical (unpaired) electrons. The van der Waals surface area contributed by atoms with Crippen LogP contribution in [-0.2, 0) is 5.33 Å². The van der Waals surface area contributed by atoms with Gasteiger partial charge < -0.3 is 0 Å². The number of non-ortho nitro benzene ring substituents is 1. The zero-order valence-corrected chi connectivity index (χ0v) is 11.5. The topological polar surface area (TPSA) is 73.8 Å². The Morgan fingerprint density at radius 3 is 2.67 bits per heavy atom. The van der Waals surface area contributed by atoms with Gasteiger partial charge in [-0.05, 0) is 25.5 Å². The van der Waals surface area contributed by atoms with Gasteiger partial charge in [-0.1, -0.05) is 15.9 Å². The van der Waals surface area contributed by atoms with Crippen molar-refractivity contribution < 1.29 is 4.92 Å². The average molecular weight is 311 g/mol. The molecule has 0 aliphatic heterocycles. The minimum absolute atomic E-state index is 0.0719. The maximum absolute atomic E-state index is 10.7. The summed E-state index contributed by atoms with van der Waals surface area (Å²) in [6, 6.07) is 4.70. The molecule has 0 N–H and O–H groups in total. The second-order valence-corrected chi connectivity index (χ2v) is 4.38. The largest absolute Gasteiger partial charge is 0.269 e. The van der Waals surface area contributed by atoms with Crippen LogP contribution in [0.3, 0.4) is 0 Å². The molecule has 1 aromatic carbocycles. The Labute approximate surface area is 112 Å². The number of alkyl halides is 1. The smallest absolute Gasteiger partial charge is 0.258 e. The molecule has 0 amide bonds. The number of nitro groups is 1. The number of aryl methyl sites for hydroxylation is 2. The van der Waals surface area contributed by atoms with Gasteiger partial charge in [-0.2, -0.15) is 5.10 Å².